The highest BCUT2D eigenvalue weighted by molar-refractivity contribution is 7.19. The van der Waals surface area contributed by atoms with E-state index in [0.717, 1.165) is 13.1 Å². The fourth-order valence-corrected chi connectivity index (χ4v) is 4.44. The van der Waals surface area contributed by atoms with E-state index < -0.39 is 0 Å². The molecule has 0 N–H and O–H groups in total. The van der Waals surface area contributed by atoms with Gasteiger partial charge >= 0.3 is 0 Å². The molecule has 1 nitrogen and oxygen atoms in total. The molecule has 0 spiro atoms. The van der Waals surface area contributed by atoms with Gasteiger partial charge in [0.05, 0.1) is 0 Å². The van der Waals surface area contributed by atoms with Crippen LogP contribution >= 0.6 is 11.3 Å². The first-order chi connectivity index (χ1) is 10.2. The van der Waals surface area contributed by atoms with E-state index in [-0.39, 0.29) is 0 Å². The van der Waals surface area contributed by atoms with Gasteiger partial charge in [0, 0.05) is 28.6 Å². The lowest BCUT2D eigenvalue weighted by atomic mass is 9.85. The Balaban J connectivity index is 1.84. The summed E-state index contributed by atoms with van der Waals surface area (Å²) in [5.41, 5.74) is 4.42. The largest absolute Gasteiger partial charge is 0.301 e. The summed E-state index contributed by atoms with van der Waals surface area (Å²) < 4.78 is 1.41. The molecule has 0 aliphatic carbocycles. The van der Waals surface area contributed by atoms with Crippen molar-refractivity contribution in [2.45, 2.75) is 19.4 Å². The minimum atomic E-state index is 0.492. The van der Waals surface area contributed by atoms with E-state index in [9.17, 15) is 0 Å². The van der Waals surface area contributed by atoms with Crippen molar-refractivity contribution < 1.29 is 0 Å². The zero-order valence-electron chi connectivity index (χ0n) is 12.5. The molecule has 2 heterocycles. The first-order valence-corrected chi connectivity index (χ1v) is 8.29. The minimum absolute atomic E-state index is 0.492. The lowest BCUT2D eigenvalue weighted by Gasteiger charge is -2.32. The molecule has 2 aromatic carbocycles. The number of fused-ring (bicyclic) bond motifs is 2. The summed E-state index contributed by atoms with van der Waals surface area (Å²) in [4.78, 5) is 3.82. The Morgan fingerprint density at radius 3 is 2.86 bits per heavy atom. The lowest BCUT2D eigenvalue weighted by molar-refractivity contribution is 0.295. The molecule has 1 unspecified atom stereocenters. The van der Waals surface area contributed by atoms with Gasteiger partial charge in [0.25, 0.3) is 0 Å². The van der Waals surface area contributed by atoms with Crippen LogP contribution in [0.2, 0.25) is 0 Å². The smallest absolute Gasteiger partial charge is 0.0348 e. The first-order valence-electron chi connectivity index (χ1n) is 7.47. The van der Waals surface area contributed by atoms with Crippen molar-refractivity contribution in [3.05, 3.63) is 70.1 Å². The van der Waals surface area contributed by atoms with Crippen molar-refractivity contribution >= 4 is 21.4 Å². The van der Waals surface area contributed by atoms with Crippen molar-refractivity contribution in [2.75, 3.05) is 13.6 Å². The Morgan fingerprint density at radius 1 is 1.10 bits per heavy atom. The van der Waals surface area contributed by atoms with E-state index in [4.69, 9.17) is 0 Å². The molecule has 106 valence electrons. The normalized spacial score (nSPS) is 18.9. The van der Waals surface area contributed by atoms with Gasteiger partial charge in [-0.3, -0.25) is 0 Å². The molecule has 1 aliphatic rings. The topological polar surface area (TPSA) is 3.24 Å². The van der Waals surface area contributed by atoms with Crippen LogP contribution in [0.4, 0.5) is 0 Å². The second-order valence-electron chi connectivity index (χ2n) is 6.10. The molecule has 0 saturated heterocycles. The van der Waals surface area contributed by atoms with Gasteiger partial charge in [0.1, 0.15) is 0 Å². The summed E-state index contributed by atoms with van der Waals surface area (Å²) in [6, 6.07) is 18.2. The summed E-state index contributed by atoms with van der Waals surface area (Å²) in [5, 5.41) is 1.37. The van der Waals surface area contributed by atoms with Crippen LogP contribution in [-0.2, 0) is 6.54 Å². The maximum Gasteiger partial charge on any atom is 0.0348 e. The zero-order chi connectivity index (χ0) is 14.4. The molecule has 1 aliphatic heterocycles. The molecule has 2 heteroatoms. The van der Waals surface area contributed by atoms with Gasteiger partial charge in [-0.1, -0.05) is 36.4 Å². The Bertz CT molecular complexity index is 802. The third-order valence-corrected chi connectivity index (χ3v) is 5.45. The lowest BCUT2D eigenvalue weighted by Crippen LogP contribution is -2.30. The summed E-state index contributed by atoms with van der Waals surface area (Å²) in [6.45, 7) is 4.36. The van der Waals surface area contributed by atoms with E-state index in [1.165, 1.54) is 31.7 Å². The third-order valence-electron chi connectivity index (χ3n) is 4.43. The van der Waals surface area contributed by atoms with Gasteiger partial charge in [-0.15, -0.1) is 11.3 Å². The van der Waals surface area contributed by atoms with Crippen LogP contribution in [0.5, 0.6) is 0 Å². The molecule has 0 fully saturated rings. The second-order valence-corrected chi connectivity index (χ2v) is 7.39. The van der Waals surface area contributed by atoms with E-state index in [0.29, 0.717) is 5.92 Å². The average molecular weight is 293 g/mol. The number of nitrogens with zero attached hydrogens (tertiary/aromatic N) is 1. The first kappa shape index (κ1) is 13.1. The molecular formula is C19H19NS. The summed E-state index contributed by atoms with van der Waals surface area (Å²) >= 11 is 1.90. The highest BCUT2D eigenvalue weighted by Gasteiger charge is 2.24. The summed E-state index contributed by atoms with van der Waals surface area (Å²) in [7, 11) is 2.22. The number of rotatable bonds is 1. The SMILES string of the molecule is Cc1cc2ccc(C3CN(C)Cc4ccccc43)cc2s1. The molecule has 4 rings (SSSR count). The van der Waals surface area contributed by atoms with Crippen molar-refractivity contribution in [3.8, 4) is 0 Å². The van der Waals surface area contributed by atoms with Gasteiger partial charge in [-0.25, -0.2) is 0 Å². The fraction of sp³-hybridized carbons (Fsp3) is 0.263. The van der Waals surface area contributed by atoms with Crippen LogP contribution in [0.25, 0.3) is 10.1 Å². The fourth-order valence-electron chi connectivity index (χ4n) is 3.47. The predicted octanol–water partition coefficient (Wildman–Crippen LogP) is 4.79. The number of aryl methyl sites for hydroxylation is 1. The summed E-state index contributed by atoms with van der Waals surface area (Å²) in [5.74, 6) is 0.492. The van der Waals surface area contributed by atoms with Crippen LogP contribution in [0, 0.1) is 6.92 Å². The van der Waals surface area contributed by atoms with Crippen molar-refractivity contribution in [2.24, 2.45) is 0 Å². The van der Waals surface area contributed by atoms with E-state index in [1.54, 1.807) is 0 Å². The Labute approximate surface area is 129 Å². The predicted molar refractivity (Wildman–Crippen MR) is 91.2 cm³/mol. The third kappa shape index (κ3) is 2.29. The standard InChI is InChI=1S/C19H19NS/c1-13-9-15-8-7-14(10-19(15)21-13)18-12-20(2)11-16-5-3-4-6-17(16)18/h3-10,18H,11-12H2,1-2H3. The second kappa shape index (κ2) is 4.97. The van der Waals surface area contributed by atoms with Crippen molar-refractivity contribution in [1.82, 2.24) is 4.90 Å². The highest BCUT2D eigenvalue weighted by Crippen LogP contribution is 2.35. The maximum absolute atomic E-state index is 2.43. The molecule has 1 aromatic heterocycles. The molecular weight excluding hydrogens is 274 g/mol. The van der Waals surface area contributed by atoms with Crippen LogP contribution in [0.3, 0.4) is 0 Å². The monoisotopic (exact) mass is 293 g/mol. The summed E-state index contributed by atoms with van der Waals surface area (Å²) in [6.07, 6.45) is 0. The zero-order valence-corrected chi connectivity index (χ0v) is 13.3. The molecule has 0 amide bonds. The maximum atomic E-state index is 2.43. The molecule has 1 atom stereocenters. The van der Waals surface area contributed by atoms with Crippen LogP contribution in [0.15, 0.2) is 48.5 Å². The Hall–Kier alpha value is -1.64. The quantitative estimate of drug-likeness (QED) is 0.623. The van der Waals surface area contributed by atoms with Gasteiger partial charge < -0.3 is 4.90 Å². The molecule has 21 heavy (non-hydrogen) atoms. The van der Waals surface area contributed by atoms with Gasteiger partial charge in [-0.05, 0) is 48.2 Å². The highest BCUT2D eigenvalue weighted by atomic mass is 32.1. The molecule has 0 radical (unpaired) electrons. The van der Waals surface area contributed by atoms with Crippen LogP contribution in [0.1, 0.15) is 27.5 Å². The number of likely N-dealkylation sites (N-methyl/N-ethyl adjacent to an activating group) is 1. The number of thiophene rings is 1. The van der Waals surface area contributed by atoms with Crippen LogP contribution in [-0.4, -0.2) is 18.5 Å². The Morgan fingerprint density at radius 2 is 1.95 bits per heavy atom. The number of hydrogen-bond donors (Lipinski definition) is 0. The van der Waals surface area contributed by atoms with Gasteiger partial charge in [0.15, 0.2) is 0 Å². The van der Waals surface area contributed by atoms with E-state index in [1.807, 2.05) is 11.3 Å². The molecule has 0 bridgehead atoms. The minimum Gasteiger partial charge on any atom is -0.301 e. The number of benzene rings is 2. The van der Waals surface area contributed by atoms with E-state index >= 15 is 0 Å². The van der Waals surface area contributed by atoms with Crippen molar-refractivity contribution in [3.63, 3.8) is 0 Å². The van der Waals surface area contributed by atoms with Gasteiger partial charge in [0.2, 0.25) is 0 Å². The Kier molecular flexibility index (Phi) is 3.09. The molecule has 0 saturated carbocycles. The van der Waals surface area contributed by atoms with Crippen molar-refractivity contribution in [1.29, 1.82) is 0 Å². The van der Waals surface area contributed by atoms with Crippen LogP contribution < -0.4 is 0 Å². The average Bonchev–Trinajstić information content (AvgIpc) is 2.85. The van der Waals surface area contributed by atoms with Gasteiger partial charge in [-0.2, -0.15) is 0 Å². The van der Waals surface area contributed by atoms with E-state index in [2.05, 4.69) is 67.4 Å². The number of hydrogen-bond acceptors (Lipinski definition) is 2. The molecule has 3 aromatic rings.